The molecular formula is C29H49N7O16. The first kappa shape index (κ1) is 49.9. The van der Waals surface area contributed by atoms with Gasteiger partial charge in [0.25, 0.3) is 0 Å². The monoisotopic (exact) mass is 751 g/mol. The lowest BCUT2D eigenvalue weighted by molar-refractivity contribution is -0.138. The van der Waals surface area contributed by atoms with E-state index in [0.29, 0.717) is 6.61 Å². The Balaban J connectivity index is 0. The summed E-state index contributed by atoms with van der Waals surface area (Å²) < 4.78 is 4.64. The quantitative estimate of drug-likeness (QED) is 0.0179. The van der Waals surface area contributed by atoms with Gasteiger partial charge in [0.2, 0.25) is 0 Å². The average molecular weight is 752 g/mol. The number of hydrogen-bond donors (Lipinski definition) is 16. The summed E-state index contributed by atoms with van der Waals surface area (Å²) in [6, 6.07) is 1.75. The number of aliphatic hydroxyl groups is 12. The number of nitriles is 1. The summed E-state index contributed by atoms with van der Waals surface area (Å²) in [6.07, 6.45) is -11.4. The van der Waals surface area contributed by atoms with E-state index in [1.807, 2.05) is 6.92 Å². The molecule has 23 nitrogen and oxygen atoms in total. The number of ketones is 2. The molecule has 23 heteroatoms. The van der Waals surface area contributed by atoms with Crippen LogP contribution in [0.25, 0.3) is 0 Å². The second kappa shape index (κ2) is 26.5. The van der Waals surface area contributed by atoms with Crippen LogP contribution in [0.2, 0.25) is 0 Å². The molecule has 0 amide bonds. The van der Waals surface area contributed by atoms with Gasteiger partial charge in [0.05, 0.1) is 56.8 Å². The Bertz CT molecular complexity index is 1400. The van der Waals surface area contributed by atoms with Crippen LogP contribution in [-0.2, 0) is 9.53 Å². The fourth-order valence-corrected chi connectivity index (χ4v) is 3.22. The minimum Gasteiger partial charge on any atom is -0.484 e. The number of rotatable bonds is 17. The fourth-order valence-electron chi connectivity index (χ4n) is 3.22. The fraction of sp³-hybridized carbons (Fsp3) is 0.586. The lowest BCUT2D eigenvalue weighted by Gasteiger charge is -2.20. The molecule has 0 saturated carbocycles. The van der Waals surface area contributed by atoms with Gasteiger partial charge in [-0.3, -0.25) is 9.59 Å². The van der Waals surface area contributed by atoms with Crippen molar-refractivity contribution in [1.29, 1.82) is 5.26 Å². The number of nitrogens with zero attached hydrogens (tertiary/aromatic N) is 4. The van der Waals surface area contributed by atoms with E-state index in [9.17, 15) is 30.0 Å². The van der Waals surface area contributed by atoms with E-state index in [4.69, 9.17) is 57.1 Å². The normalized spacial score (nSPS) is 16.2. The molecule has 0 unspecified atom stereocenters. The van der Waals surface area contributed by atoms with E-state index in [1.54, 1.807) is 6.07 Å². The molecule has 9 atom stereocenters. The number of nitrogens with one attached hydrogen (secondary N) is 2. The summed E-state index contributed by atoms with van der Waals surface area (Å²) in [4.78, 5) is 34.2. The Morgan fingerprint density at radius 3 is 1.56 bits per heavy atom. The first-order chi connectivity index (χ1) is 24.3. The number of Topliss-reactive ketones (excluding diaryl/α,β-unsaturated/α-hetero) is 2. The molecule has 0 aromatic carbocycles. The van der Waals surface area contributed by atoms with Crippen LogP contribution in [0, 0.1) is 11.3 Å². The Morgan fingerprint density at radius 2 is 1.25 bits per heavy atom. The third-order valence-corrected chi connectivity index (χ3v) is 6.34. The highest BCUT2D eigenvalue weighted by molar-refractivity contribution is 5.94. The van der Waals surface area contributed by atoms with Gasteiger partial charge in [-0.15, -0.1) is 0 Å². The first-order valence-electron chi connectivity index (χ1n) is 15.0. The van der Waals surface area contributed by atoms with Crippen LogP contribution in [0.15, 0.2) is 29.9 Å². The van der Waals surface area contributed by atoms with E-state index in [0.717, 1.165) is 0 Å². The molecule has 0 saturated heterocycles. The molecule has 0 bridgehead atoms. The summed E-state index contributed by atoms with van der Waals surface area (Å²) in [5.74, 6) is -0.625. The molecule has 52 heavy (non-hydrogen) atoms. The molecule has 296 valence electrons. The van der Waals surface area contributed by atoms with Crippen LogP contribution >= 0.6 is 0 Å². The molecule has 0 radical (unpaired) electrons. The summed E-state index contributed by atoms with van der Waals surface area (Å²) >= 11 is 0. The number of allylic oxidation sites excluding steroid dienone is 1. The molecule has 2 heterocycles. The third kappa shape index (κ3) is 17.3. The Labute approximate surface area is 296 Å². The van der Waals surface area contributed by atoms with E-state index in [2.05, 4.69) is 36.4 Å². The number of aromatic nitrogens is 4. The van der Waals surface area contributed by atoms with Gasteiger partial charge in [-0.1, -0.05) is 5.16 Å². The standard InChI is InChI=1S/C9H15N3O5.C9H14N2O5.C6H13NO5.C5H7NO/c1-4(12-17)9-10-2-5(11-9)7(15)8(16)6(14)3-13;1-4(13)9-10-2-5(11-9)7(15)8(16)6(14)3-12;7-1-3(9)5(11)6(12)4(10)2-8;1-3-7-5(2)4-6/h2,6-8,13-17H,3H2,1H3,(H,10,11);2,6-8,12,14-16H,3H2,1H3,(H,10,11);4-6,8,10-12H,1-2,7H2;2-3H2,1H3/b12-4+;;;/t2*6-,7-,8-;4-,5-,6-;/m111./s1. The lowest BCUT2D eigenvalue weighted by atomic mass is 10.1. The van der Waals surface area contributed by atoms with Crippen molar-refractivity contribution < 1.29 is 80.8 Å². The number of aliphatic hydroxyl groups excluding tert-OH is 12. The maximum atomic E-state index is 10.9. The van der Waals surface area contributed by atoms with Crippen LogP contribution in [-0.4, -0.2) is 179 Å². The zero-order valence-electron chi connectivity index (χ0n) is 28.5. The summed E-state index contributed by atoms with van der Waals surface area (Å²) in [6.45, 7) is 5.91. The second-order valence-corrected chi connectivity index (χ2v) is 10.3. The van der Waals surface area contributed by atoms with Crippen molar-refractivity contribution in [2.24, 2.45) is 10.9 Å². The minimum atomic E-state index is -1.74. The molecule has 0 spiro atoms. The van der Waals surface area contributed by atoms with Gasteiger partial charge in [-0.05, 0) is 20.4 Å². The number of nitrogens with two attached hydrogens (primary N) is 1. The molecule has 17 N–H and O–H groups in total. The molecule has 0 aliphatic carbocycles. The summed E-state index contributed by atoms with van der Waals surface area (Å²) in [7, 11) is 0. The number of imidazole rings is 2. The zero-order chi connectivity index (χ0) is 40.7. The highest BCUT2D eigenvalue weighted by atomic mass is 16.5. The van der Waals surface area contributed by atoms with Crippen molar-refractivity contribution in [1.82, 2.24) is 19.9 Å². The average Bonchev–Trinajstić information content (AvgIpc) is 3.87. The van der Waals surface area contributed by atoms with E-state index >= 15 is 0 Å². The topological polar surface area (TPSA) is 426 Å². The van der Waals surface area contributed by atoms with Crippen LogP contribution in [0.3, 0.4) is 0 Å². The van der Waals surface area contributed by atoms with Crippen molar-refractivity contribution in [3.8, 4) is 6.07 Å². The number of H-pyrrole nitrogens is 2. The maximum Gasteiger partial charge on any atom is 0.194 e. The molecule has 2 rings (SSSR count). The summed E-state index contributed by atoms with van der Waals surface area (Å²) in [5, 5.41) is 128. The number of ether oxygens (including phenoxy) is 1. The number of carbonyl (C=O) groups is 2. The molecule has 2 aromatic heterocycles. The SMILES string of the molecule is C/C(=N\O)c1ncc([C@@H](O)[C@H](O)[C@H](O)CO)[nH]1.C=C(C#N)OCC.CC(=O)c1ncc([C@@H](O)[C@H](O)[C@H](O)CO)[nH]1.NCC(=O)[C@@H](O)[C@H](O)[C@H](O)CO. The van der Waals surface area contributed by atoms with Gasteiger partial charge in [0, 0.05) is 6.92 Å². The maximum absolute atomic E-state index is 10.9. The van der Waals surface area contributed by atoms with Crippen molar-refractivity contribution >= 4 is 17.3 Å². The van der Waals surface area contributed by atoms with Crippen molar-refractivity contribution in [3.05, 3.63) is 47.8 Å². The third-order valence-electron chi connectivity index (χ3n) is 6.34. The van der Waals surface area contributed by atoms with Crippen LogP contribution in [0.1, 0.15) is 60.8 Å². The number of aromatic amines is 2. The zero-order valence-corrected chi connectivity index (χ0v) is 28.5. The molecule has 0 fully saturated rings. The van der Waals surface area contributed by atoms with Gasteiger partial charge in [-0.2, -0.15) is 5.26 Å². The highest BCUT2D eigenvalue weighted by Gasteiger charge is 2.29. The number of carbonyl (C=O) groups excluding carboxylic acids is 2. The van der Waals surface area contributed by atoms with Gasteiger partial charge in [0.15, 0.2) is 29.0 Å². The molecule has 0 aliphatic rings. The Kier molecular flexibility index (Phi) is 25.4. The van der Waals surface area contributed by atoms with Gasteiger partial charge in [0.1, 0.15) is 66.7 Å². The van der Waals surface area contributed by atoms with Crippen LogP contribution < -0.4 is 5.73 Å². The van der Waals surface area contributed by atoms with E-state index < -0.39 is 87.1 Å². The molecular weight excluding hydrogens is 702 g/mol. The number of oxime groups is 1. The van der Waals surface area contributed by atoms with E-state index in [1.165, 1.54) is 26.2 Å². The van der Waals surface area contributed by atoms with Gasteiger partial charge >= 0.3 is 0 Å². The largest absolute Gasteiger partial charge is 0.484 e. The second-order valence-electron chi connectivity index (χ2n) is 10.3. The molecule has 2 aromatic rings. The predicted molar refractivity (Wildman–Crippen MR) is 175 cm³/mol. The van der Waals surface area contributed by atoms with Crippen LogP contribution in [0.5, 0.6) is 0 Å². The van der Waals surface area contributed by atoms with E-state index in [-0.39, 0.29) is 40.3 Å². The van der Waals surface area contributed by atoms with Gasteiger partial charge < -0.3 is 86.9 Å². The lowest BCUT2D eigenvalue weighted by Crippen LogP contribution is -2.45. The van der Waals surface area contributed by atoms with Crippen LogP contribution in [0.4, 0.5) is 0 Å². The van der Waals surface area contributed by atoms with Crippen molar-refractivity contribution in [3.63, 3.8) is 0 Å². The minimum absolute atomic E-state index is 0.0553. The highest BCUT2D eigenvalue weighted by Crippen LogP contribution is 2.18. The summed E-state index contributed by atoms with van der Waals surface area (Å²) in [5.41, 5.74) is 5.34. The first-order valence-corrected chi connectivity index (χ1v) is 15.0. The number of hydrogen-bond acceptors (Lipinski definition) is 21. The molecule has 0 aliphatic heterocycles. The van der Waals surface area contributed by atoms with Crippen molar-refractivity contribution in [2.75, 3.05) is 33.0 Å². The van der Waals surface area contributed by atoms with Gasteiger partial charge in [-0.25, -0.2) is 9.97 Å². The Hall–Kier alpha value is -4.26. The Morgan fingerprint density at radius 1 is 0.846 bits per heavy atom. The van der Waals surface area contributed by atoms with Crippen molar-refractivity contribution in [2.45, 2.75) is 75.7 Å². The smallest absolute Gasteiger partial charge is 0.194 e. The predicted octanol–water partition coefficient (Wildman–Crippen LogP) is -5.64.